The molecule has 1 aromatic heterocycles. The Hall–Kier alpha value is -1.82. The number of nitrogens with zero attached hydrogens (tertiary/aromatic N) is 3. The zero-order valence-electron chi connectivity index (χ0n) is 14.6. The highest BCUT2D eigenvalue weighted by atomic mass is 35.5. The van der Waals surface area contributed by atoms with Crippen LogP contribution in [0.5, 0.6) is 0 Å². The van der Waals surface area contributed by atoms with E-state index in [9.17, 15) is 4.79 Å². The van der Waals surface area contributed by atoms with Crippen molar-refractivity contribution in [1.82, 2.24) is 9.88 Å². The standard InChI is InChI=1S/C18H24N4O.2ClH/c1-21(2)17-14-16(8-11-20-17)18(23)22(13-10-19)12-9-15-6-4-3-5-7-15;;/h3-8,11,14H,9-10,12-13,19H2,1-2H3;2*1H. The number of rotatable bonds is 7. The summed E-state index contributed by atoms with van der Waals surface area (Å²) in [6.45, 7) is 1.65. The van der Waals surface area contributed by atoms with Crippen LogP contribution in [0.4, 0.5) is 5.82 Å². The van der Waals surface area contributed by atoms with Crippen LogP contribution < -0.4 is 10.6 Å². The van der Waals surface area contributed by atoms with Gasteiger partial charge in [0.2, 0.25) is 0 Å². The SMILES string of the molecule is CN(C)c1cc(C(=O)N(CCN)CCc2ccccc2)ccn1.Cl.Cl. The first-order chi connectivity index (χ1) is 11.1. The lowest BCUT2D eigenvalue weighted by Gasteiger charge is -2.23. The van der Waals surface area contributed by atoms with E-state index in [-0.39, 0.29) is 30.7 Å². The molecular formula is C18H26Cl2N4O. The maximum absolute atomic E-state index is 12.8. The average molecular weight is 385 g/mol. The third-order valence-electron chi connectivity index (χ3n) is 3.65. The number of carbonyl (C=O) groups is 1. The Morgan fingerprint density at radius 3 is 2.36 bits per heavy atom. The lowest BCUT2D eigenvalue weighted by Crippen LogP contribution is -2.37. The average Bonchev–Trinajstić information content (AvgIpc) is 2.59. The van der Waals surface area contributed by atoms with Gasteiger partial charge in [-0.15, -0.1) is 24.8 Å². The summed E-state index contributed by atoms with van der Waals surface area (Å²) in [7, 11) is 3.81. The van der Waals surface area contributed by atoms with Crippen molar-refractivity contribution in [3.63, 3.8) is 0 Å². The van der Waals surface area contributed by atoms with Crippen LogP contribution in [-0.4, -0.2) is 49.5 Å². The van der Waals surface area contributed by atoms with Gasteiger partial charge in [0.05, 0.1) is 0 Å². The molecule has 138 valence electrons. The van der Waals surface area contributed by atoms with Gasteiger partial charge in [-0.1, -0.05) is 30.3 Å². The quantitative estimate of drug-likeness (QED) is 0.796. The minimum atomic E-state index is -0.00289. The van der Waals surface area contributed by atoms with Gasteiger partial charge in [-0.25, -0.2) is 4.98 Å². The number of nitrogens with two attached hydrogens (primary N) is 1. The lowest BCUT2D eigenvalue weighted by molar-refractivity contribution is 0.0762. The van der Waals surface area contributed by atoms with Crippen LogP contribution in [-0.2, 0) is 6.42 Å². The fraction of sp³-hybridized carbons (Fsp3) is 0.333. The fourth-order valence-corrected chi connectivity index (χ4v) is 2.36. The van der Waals surface area contributed by atoms with E-state index in [4.69, 9.17) is 5.73 Å². The first kappa shape index (κ1) is 23.2. The summed E-state index contributed by atoms with van der Waals surface area (Å²) in [6.07, 6.45) is 2.48. The largest absolute Gasteiger partial charge is 0.363 e. The van der Waals surface area contributed by atoms with Crippen molar-refractivity contribution >= 4 is 36.5 Å². The maximum Gasteiger partial charge on any atom is 0.254 e. The molecule has 2 aromatic rings. The Morgan fingerprint density at radius 2 is 1.76 bits per heavy atom. The van der Waals surface area contributed by atoms with Gasteiger partial charge in [-0.05, 0) is 24.1 Å². The second-order valence-electron chi connectivity index (χ2n) is 5.61. The van der Waals surface area contributed by atoms with E-state index in [1.54, 1.807) is 12.3 Å². The molecule has 0 aliphatic heterocycles. The Kier molecular flexibility index (Phi) is 10.8. The topological polar surface area (TPSA) is 62.5 Å². The number of benzene rings is 1. The van der Waals surface area contributed by atoms with Gasteiger partial charge in [0.15, 0.2) is 0 Å². The Morgan fingerprint density at radius 1 is 1.08 bits per heavy atom. The van der Waals surface area contributed by atoms with Crippen molar-refractivity contribution in [2.45, 2.75) is 6.42 Å². The van der Waals surface area contributed by atoms with Crippen LogP contribution in [0.3, 0.4) is 0 Å². The first-order valence-corrected chi connectivity index (χ1v) is 7.78. The predicted molar refractivity (Wildman–Crippen MR) is 108 cm³/mol. The molecule has 2 N–H and O–H groups in total. The second kappa shape index (κ2) is 11.7. The molecular weight excluding hydrogens is 359 g/mol. The molecule has 1 aromatic carbocycles. The van der Waals surface area contributed by atoms with Crippen molar-refractivity contribution in [2.75, 3.05) is 38.6 Å². The molecule has 0 atom stereocenters. The lowest BCUT2D eigenvalue weighted by atomic mass is 10.1. The zero-order chi connectivity index (χ0) is 16.7. The number of aromatic nitrogens is 1. The molecule has 1 amide bonds. The van der Waals surface area contributed by atoms with E-state index in [1.807, 2.05) is 48.2 Å². The summed E-state index contributed by atoms with van der Waals surface area (Å²) in [6, 6.07) is 13.7. The number of anilines is 1. The normalized spacial score (nSPS) is 9.56. The number of halogens is 2. The van der Waals surface area contributed by atoms with Crippen molar-refractivity contribution in [3.8, 4) is 0 Å². The van der Waals surface area contributed by atoms with Crippen LogP contribution in [0.2, 0.25) is 0 Å². The number of amides is 1. The molecule has 0 spiro atoms. The van der Waals surface area contributed by atoms with Crippen molar-refractivity contribution in [3.05, 3.63) is 59.8 Å². The summed E-state index contributed by atoms with van der Waals surface area (Å²) >= 11 is 0. The molecule has 7 heteroatoms. The van der Waals surface area contributed by atoms with Gasteiger partial charge in [0.25, 0.3) is 5.91 Å². The van der Waals surface area contributed by atoms with E-state index in [2.05, 4.69) is 17.1 Å². The molecule has 0 unspecified atom stereocenters. The van der Waals surface area contributed by atoms with Crippen molar-refractivity contribution in [1.29, 1.82) is 0 Å². The van der Waals surface area contributed by atoms with Crippen LogP contribution >= 0.6 is 24.8 Å². The minimum absolute atomic E-state index is 0. The van der Waals surface area contributed by atoms with E-state index in [0.29, 0.717) is 25.2 Å². The molecule has 0 saturated carbocycles. The van der Waals surface area contributed by atoms with Crippen LogP contribution in [0, 0.1) is 0 Å². The molecule has 0 radical (unpaired) electrons. The molecule has 2 rings (SSSR count). The predicted octanol–water partition coefficient (Wildman–Crippen LogP) is 2.63. The van der Waals surface area contributed by atoms with Crippen LogP contribution in [0.15, 0.2) is 48.7 Å². The number of hydrogen-bond acceptors (Lipinski definition) is 4. The summed E-state index contributed by atoms with van der Waals surface area (Å²) < 4.78 is 0. The van der Waals surface area contributed by atoms with Gasteiger partial charge >= 0.3 is 0 Å². The van der Waals surface area contributed by atoms with Gasteiger partial charge in [-0.2, -0.15) is 0 Å². The molecule has 0 bridgehead atoms. The Bertz CT molecular complexity index is 638. The number of hydrogen-bond donors (Lipinski definition) is 1. The molecule has 0 aliphatic carbocycles. The summed E-state index contributed by atoms with van der Waals surface area (Å²) in [5.74, 6) is 0.767. The number of carbonyl (C=O) groups excluding carboxylic acids is 1. The smallest absolute Gasteiger partial charge is 0.254 e. The van der Waals surface area contributed by atoms with Gasteiger partial charge in [0.1, 0.15) is 5.82 Å². The summed E-state index contributed by atoms with van der Waals surface area (Å²) in [5.41, 5.74) is 7.54. The zero-order valence-corrected chi connectivity index (χ0v) is 16.2. The highest BCUT2D eigenvalue weighted by Gasteiger charge is 2.16. The summed E-state index contributed by atoms with van der Waals surface area (Å²) in [4.78, 5) is 20.7. The van der Waals surface area contributed by atoms with E-state index < -0.39 is 0 Å². The van der Waals surface area contributed by atoms with E-state index >= 15 is 0 Å². The van der Waals surface area contributed by atoms with E-state index in [1.165, 1.54) is 5.56 Å². The molecule has 25 heavy (non-hydrogen) atoms. The van der Waals surface area contributed by atoms with Crippen molar-refractivity contribution < 1.29 is 4.79 Å². The van der Waals surface area contributed by atoms with Gasteiger partial charge in [-0.3, -0.25) is 4.79 Å². The van der Waals surface area contributed by atoms with Crippen LogP contribution in [0.25, 0.3) is 0 Å². The summed E-state index contributed by atoms with van der Waals surface area (Å²) in [5, 5.41) is 0. The van der Waals surface area contributed by atoms with E-state index in [0.717, 1.165) is 12.2 Å². The van der Waals surface area contributed by atoms with Crippen molar-refractivity contribution in [2.24, 2.45) is 5.73 Å². The van der Waals surface area contributed by atoms with Gasteiger partial charge in [0, 0.05) is 45.5 Å². The van der Waals surface area contributed by atoms with Crippen LogP contribution in [0.1, 0.15) is 15.9 Å². The molecule has 5 nitrogen and oxygen atoms in total. The first-order valence-electron chi connectivity index (χ1n) is 7.78. The molecule has 0 saturated heterocycles. The maximum atomic E-state index is 12.8. The second-order valence-corrected chi connectivity index (χ2v) is 5.61. The Labute approximate surface area is 162 Å². The highest BCUT2D eigenvalue weighted by Crippen LogP contribution is 2.12. The molecule has 0 fully saturated rings. The third-order valence-corrected chi connectivity index (χ3v) is 3.65. The highest BCUT2D eigenvalue weighted by molar-refractivity contribution is 5.94. The molecule has 1 heterocycles. The fourth-order valence-electron chi connectivity index (χ4n) is 2.36. The third kappa shape index (κ3) is 6.90. The monoisotopic (exact) mass is 384 g/mol. The Balaban J connectivity index is 0.00000288. The van der Waals surface area contributed by atoms with Gasteiger partial charge < -0.3 is 15.5 Å². The number of pyridine rings is 1. The molecule has 0 aliphatic rings. The minimum Gasteiger partial charge on any atom is -0.363 e.